The molecule has 0 heterocycles. The Morgan fingerprint density at radius 2 is 1.67 bits per heavy atom. The summed E-state index contributed by atoms with van der Waals surface area (Å²) in [6.07, 6.45) is 2.33. The minimum atomic E-state index is 0.271. The van der Waals surface area contributed by atoms with Gasteiger partial charge in [-0.3, -0.25) is 0 Å². The van der Waals surface area contributed by atoms with Crippen LogP contribution < -0.4 is 5.32 Å². The molecule has 0 radical (unpaired) electrons. The maximum absolute atomic E-state index is 3.62. The summed E-state index contributed by atoms with van der Waals surface area (Å²) in [5.41, 5.74) is 1.61. The molecule has 0 bridgehead atoms. The van der Waals surface area contributed by atoms with E-state index in [1.807, 2.05) is 0 Å². The molecule has 0 spiro atoms. The van der Waals surface area contributed by atoms with Crippen LogP contribution in [0.2, 0.25) is 0 Å². The van der Waals surface area contributed by atoms with Crippen molar-refractivity contribution in [2.24, 2.45) is 0 Å². The van der Waals surface area contributed by atoms with Crippen molar-refractivity contribution in [3.8, 4) is 0 Å². The molecule has 0 aromatic heterocycles. The van der Waals surface area contributed by atoms with Crippen LogP contribution in [-0.2, 0) is 6.54 Å². The molecule has 0 unspecified atom stereocenters. The summed E-state index contributed by atoms with van der Waals surface area (Å²) >= 11 is 3.44. The van der Waals surface area contributed by atoms with Crippen molar-refractivity contribution >= 4 is 15.9 Å². The summed E-state index contributed by atoms with van der Waals surface area (Å²) in [6, 6.07) is 8.49. The number of benzene rings is 1. The minimum Gasteiger partial charge on any atom is -0.307 e. The summed E-state index contributed by atoms with van der Waals surface area (Å²) in [5, 5.41) is 3.62. The second kappa shape index (κ2) is 5.66. The van der Waals surface area contributed by atoms with E-state index in [0.29, 0.717) is 0 Å². The molecule has 0 saturated heterocycles. The van der Waals surface area contributed by atoms with E-state index in [9.17, 15) is 0 Å². The smallest absolute Gasteiger partial charge is 0.0210 e. The van der Waals surface area contributed by atoms with E-state index in [4.69, 9.17) is 0 Å². The van der Waals surface area contributed by atoms with Crippen LogP contribution in [0.5, 0.6) is 0 Å². The molecule has 1 aromatic carbocycles. The van der Waals surface area contributed by atoms with Gasteiger partial charge in [-0.05, 0) is 37.5 Å². The zero-order valence-corrected chi connectivity index (χ0v) is 11.4. The summed E-state index contributed by atoms with van der Waals surface area (Å²) in [4.78, 5) is 0. The van der Waals surface area contributed by atoms with Gasteiger partial charge < -0.3 is 5.32 Å². The summed E-state index contributed by atoms with van der Waals surface area (Å²) < 4.78 is 1.14. The van der Waals surface area contributed by atoms with Crippen molar-refractivity contribution < 1.29 is 0 Å². The molecule has 0 fully saturated rings. The lowest BCUT2D eigenvalue weighted by Gasteiger charge is -2.28. The van der Waals surface area contributed by atoms with Crippen molar-refractivity contribution in [1.82, 2.24) is 5.32 Å². The molecule has 1 nitrogen and oxygen atoms in total. The van der Waals surface area contributed by atoms with Crippen molar-refractivity contribution in [3.05, 3.63) is 34.3 Å². The molecule has 0 amide bonds. The Labute approximate surface area is 101 Å². The molecule has 15 heavy (non-hydrogen) atoms. The van der Waals surface area contributed by atoms with E-state index < -0.39 is 0 Å². The molecule has 0 aliphatic heterocycles. The van der Waals surface area contributed by atoms with Crippen LogP contribution in [0.3, 0.4) is 0 Å². The topological polar surface area (TPSA) is 12.0 Å². The molecular weight excluding hydrogens is 250 g/mol. The van der Waals surface area contributed by atoms with Crippen molar-refractivity contribution in [2.75, 3.05) is 0 Å². The average molecular weight is 270 g/mol. The largest absolute Gasteiger partial charge is 0.307 e. The first kappa shape index (κ1) is 12.7. The SMILES string of the molecule is CCC(C)(CC)NCc1ccc(Br)cc1. The number of rotatable bonds is 5. The Hall–Kier alpha value is -0.340. The van der Waals surface area contributed by atoms with Crippen LogP contribution in [0.4, 0.5) is 0 Å². The Morgan fingerprint density at radius 1 is 1.13 bits per heavy atom. The quantitative estimate of drug-likeness (QED) is 0.848. The van der Waals surface area contributed by atoms with Gasteiger partial charge >= 0.3 is 0 Å². The lowest BCUT2D eigenvalue weighted by molar-refractivity contribution is 0.329. The third kappa shape index (κ3) is 3.96. The second-order valence-electron chi connectivity index (χ2n) is 4.25. The van der Waals surface area contributed by atoms with Crippen LogP contribution in [0, 0.1) is 0 Å². The third-order valence-electron chi connectivity index (χ3n) is 3.19. The fraction of sp³-hybridized carbons (Fsp3) is 0.538. The van der Waals surface area contributed by atoms with Gasteiger partial charge in [0.15, 0.2) is 0 Å². The maximum atomic E-state index is 3.62. The highest BCUT2D eigenvalue weighted by Gasteiger charge is 2.17. The van der Waals surface area contributed by atoms with E-state index in [0.717, 1.165) is 11.0 Å². The number of halogens is 1. The van der Waals surface area contributed by atoms with Crippen molar-refractivity contribution in [3.63, 3.8) is 0 Å². The first-order chi connectivity index (χ1) is 7.09. The monoisotopic (exact) mass is 269 g/mol. The molecule has 0 atom stereocenters. The number of nitrogens with one attached hydrogen (secondary N) is 1. The maximum Gasteiger partial charge on any atom is 0.0210 e. The van der Waals surface area contributed by atoms with E-state index in [1.165, 1.54) is 18.4 Å². The highest BCUT2D eigenvalue weighted by Crippen LogP contribution is 2.15. The van der Waals surface area contributed by atoms with Gasteiger partial charge in [-0.25, -0.2) is 0 Å². The van der Waals surface area contributed by atoms with Gasteiger partial charge in [0.1, 0.15) is 0 Å². The molecule has 2 heteroatoms. The zero-order valence-electron chi connectivity index (χ0n) is 9.81. The zero-order chi connectivity index (χ0) is 11.3. The number of hydrogen-bond donors (Lipinski definition) is 1. The lowest BCUT2D eigenvalue weighted by Crippen LogP contribution is -2.40. The molecule has 1 aromatic rings. The van der Waals surface area contributed by atoms with Crippen LogP contribution in [0.15, 0.2) is 28.7 Å². The summed E-state index contributed by atoms with van der Waals surface area (Å²) in [6.45, 7) is 7.70. The highest BCUT2D eigenvalue weighted by atomic mass is 79.9. The average Bonchev–Trinajstić information content (AvgIpc) is 2.28. The lowest BCUT2D eigenvalue weighted by atomic mass is 9.95. The van der Waals surface area contributed by atoms with E-state index in [-0.39, 0.29) is 5.54 Å². The standard InChI is InChI=1S/C13H20BrN/c1-4-13(3,5-2)15-10-11-6-8-12(14)9-7-11/h6-9,15H,4-5,10H2,1-3H3. The Balaban J connectivity index is 2.53. The van der Waals surface area contributed by atoms with E-state index >= 15 is 0 Å². The Morgan fingerprint density at radius 3 is 2.13 bits per heavy atom. The fourth-order valence-electron chi connectivity index (χ4n) is 1.42. The Kier molecular flexibility index (Phi) is 4.81. The summed E-state index contributed by atoms with van der Waals surface area (Å²) in [5.74, 6) is 0. The molecule has 0 aliphatic rings. The molecule has 0 aliphatic carbocycles. The van der Waals surface area contributed by atoms with Gasteiger partial charge in [-0.15, -0.1) is 0 Å². The highest BCUT2D eigenvalue weighted by molar-refractivity contribution is 9.10. The van der Waals surface area contributed by atoms with E-state index in [1.54, 1.807) is 0 Å². The normalized spacial score (nSPS) is 11.7. The van der Waals surface area contributed by atoms with Gasteiger partial charge in [-0.2, -0.15) is 0 Å². The first-order valence-electron chi connectivity index (χ1n) is 5.59. The van der Waals surface area contributed by atoms with Crippen molar-refractivity contribution in [1.29, 1.82) is 0 Å². The molecule has 84 valence electrons. The van der Waals surface area contributed by atoms with Crippen molar-refractivity contribution in [2.45, 2.75) is 45.7 Å². The van der Waals surface area contributed by atoms with Gasteiger partial charge in [0.05, 0.1) is 0 Å². The predicted octanol–water partition coefficient (Wildman–Crippen LogP) is 4.12. The van der Waals surface area contributed by atoms with Gasteiger partial charge in [0, 0.05) is 16.6 Å². The van der Waals surface area contributed by atoms with Crippen LogP contribution in [-0.4, -0.2) is 5.54 Å². The summed E-state index contributed by atoms with van der Waals surface area (Å²) in [7, 11) is 0. The minimum absolute atomic E-state index is 0.271. The van der Waals surface area contributed by atoms with Crippen LogP contribution in [0.25, 0.3) is 0 Å². The van der Waals surface area contributed by atoms with E-state index in [2.05, 4.69) is 66.3 Å². The molecule has 1 rings (SSSR count). The fourth-order valence-corrected chi connectivity index (χ4v) is 1.68. The third-order valence-corrected chi connectivity index (χ3v) is 3.72. The second-order valence-corrected chi connectivity index (χ2v) is 5.16. The molecule has 1 N–H and O–H groups in total. The van der Waals surface area contributed by atoms with Crippen LogP contribution in [0.1, 0.15) is 39.2 Å². The van der Waals surface area contributed by atoms with Gasteiger partial charge in [0.2, 0.25) is 0 Å². The molecule has 0 saturated carbocycles. The molecular formula is C13H20BrN. The van der Waals surface area contributed by atoms with Gasteiger partial charge in [-0.1, -0.05) is 41.9 Å². The Bertz CT molecular complexity index is 288. The number of hydrogen-bond acceptors (Lipinski definition) is 1. The van der Waals surface area contributed by atoms with Gasteiger partial charge in [0.25, 0.3) is 0 Å². The predicted molar refractivity (Wildman–Crippen MR) is 70.0 cm³/mol. The first-order valence-corrected chi connectivity index (χ1v) is 6.38. The van der Waals surface area contributed by atoms with Crippen LogP contribution >= 0.6 is 15.9 Å².